The van der Waals surface area contributed by atoms with Crippen LogP contribution < -0.4 is 5.32 Å². The van der Waals surface area contributed by atoms with Gasteiger partial charge in [0.25, 0.3) is 17.5 Å². The fourth-order valence-corrected chi connectivity index (χ4v) is 3.39. The number of rotatable bonds is 6. The number of imide groups is 1. The minimum Gasteiger partial charge on any atom is -0.350 e. The number of benzene rings is 2. The van der Waals surface area contributed by atoms with Gasteiger partial charge in [0.1, 0.15) is 5.70 Å². The summed E-state index contributed by atoms with van der Waals surface area (Å²) in [6.07, 6.45) is 3.19. The standard InChI is InChI=1S/C23H18N4O4/c1-15-3-2-4-18(13-15)25-21-20(17-5-7-19(8-6-17)27(30)31)22(28)26(23(21)29)14-16-9-11-24-12-10-16/h2-13,25H,14H2,1H3. The summed E-state index contributed by atoms with van der Waals surface area (Å²) in [4.78, 5) is 42.1. The molecule has 8 heteroatoms. The largest absolute Gasteiger partial charge is 0.350 e. The second kappa shape index (κ2) is 8.19. The van der Waals surface area contributed by atoms with Crippen LogP contribution in [-0.4, -0.2) is 26.6 Å². The van der Waals surface area contributed by atoms with Crippen molar-refractivity contribution >= 4 is 28.8 Å². The van der Waals surface area contributed by atoms with Gasteiger partial charge in [-0.15, -0.1) is 0 Å². The summed E-state index contributed by atoms with van der Waals surface area (Å²) in [5.74, 6) is -0.928. The molecule has 1 aromatic heterocycles. The molecule has 0 aliphatic carbocycles. The Hall–Kier alpha value is -4.33. The number of non-ortho nitro benzene ring substituents is 1. The molecule has 4 rings (SSSR count). The van der Waals surface area contributed by atoms with Crippen LogP contribution >= 0.6 is 0 Å². The van der Waals surface area contributed by atoms with Crippen LogP contribution in [0.15, 0.2) is 78.8 Å². The lowest BCUT2D eigenvalue weighted by molar-refractivity contribution is -0.384. The molecule has 1 aliphatic heterocycles. The molecule has 2 heterocycles. The molecule has 3 aromatic rings. The zero-order valence-corrected chi connectivity index (χ0v) is 16.6. The van der Waals surface area contributed by atoms with E-state index < -0.39 is 16.7 Å². The molecule has 2 aromatic carbocycles. The summed E-state index contributed by atoms with van der Waals surface area (Å²) in [6.45, 7) is 2.02. The number of amides is 2. The van der Waals surface area contributed by atoms with Crippen molar-refractivity contribution in [3.05, 3.63) is 106 Å². The molecule has 0 spiro atoms. The molecule has 0 unspecified atom stereocenters. The van der Waals surface area contributed by atoms with E-state index in [0.717, 1.165) is 16.0 Å². The van der Waals surface area contributed by atoms with Crippen LogP contribution in [0.4, 0.5) is 11.4 Å². The zero-order valence-electron chi connectivity index (χ0n) is 16.6. The molecule has 0 saturated heterocycles. The molecule has 1 N–H and O–H groups in total. The monoisotopic (exact) mass is 414 g/mol. The summed E-state index contributed by atoms with van der Waals surface area (Å²) >= 11 is 0. The predicted molar refractivity (Wildman–Crippen MR) is 115 cm³/mol. The van der Waals surface area contributed by atoms with Gasteiger partial charge in [-0.3, -0.25) is 29.6 Å². The molecule has 0 saturated carbocycles. The average Bonchev–Trinajstić information content (AvgIpc) is 2.99. The van der Waals surface area contributed by atoms with E-state index in [1.54, 1.807) is 30.6 Å². The van der Waals surface area contributed by atoms with Crippen molar-refractivity contribution in [3.8, 4) is 0 Å². The molecular formula is C23H18N4O4. The van der Waals surface area contributed by atoms with Crippen LogP contribution in [-0.2, 0) is 16.1 Å². The smallest absolute Gasteiger partial charge is 0.278 e. The maximum absolute atomic E-state index is 13.3. The molecule has 8 nitrogen and oxygen atoms in total. The topological polar surface area (TPSA) is 105 Å². The first-order valence-electron chi connectivity index (χ1n) is 9.52. The van der Waals surface area contributed by atoms with Crippen LogP contribution in [0.5, 0.6) is 0 Å². The molecule has 0 atom stereocenters. The highest BCUT2D eigenvalue weighted by atomic mass is 16.6. The quantitative estimate of drug-likeness (QED) is 0.375. The van der Waals surface area contributed by atoms with Gasteiger partial charge in [0, 0.05) is 30.2 Å². The maximum atomic E-state index is 13.3. The number of nitrogens with zero attached hydrogens (tertiary/aromatic N) is 3. The van der Waals surface area contributed by atoms with E-state index in [2.05, 4.69) is 10.3 Å². The Balaban J connectivity index is 1.75. The van der Waals surface area contributed by atoms with E-state index >= 15 is 0 Å². The number of anilines is 1. The van der Waals surface area contributed by atoms with Crippen molar-refractivity contribution in [2.45, 2.75) is 13.5 Å². The van der Waals surface area contributed by atoms with Crippen molar-refractivity contribution in [2.75, 3.05) is 5.32 Å². The number of pyridine rings is 1. The van der Waals surface area contributed by atoms with Crippen molar-refractivity contribution < 1.29 is 14.5 Å². The zero-order chi connectivity index (χ0) is 22.0. The Morgan fingerprint density at radius 3 is 2.35 bits per heavy atom. The van der Waals surface area contributed by atoms with Crippen LogP contribution in [0.1, 0.15) is 16.7 Å². The second-order valence-electron chi connectivity index (χ2n) is 7.10. The van der Waals surface area contributed by atoms with Gasteiger partial charge in [-0.1, -0.05) is 12.1 Å². The normalized spacial score (nSPS) is 13.6. The minimum absolute atomic E-state index is 0.0929. The molecular weight excluding hydrogens is 396 g/mol. The van der Waals surface area contributed by atoms with Gasteiger partial charge in [-0.25, -0.2) is 0 Å². The summed E-state index contributed by atoms with van der Waals surface area (Å²) in [5.41, 5.74) is 3.07. The minimum atomic E-state index is -0.512. The third-order valence-electron chi connectivity index (χ3n) is 4.91. The summed E-state index contributed by atoms with van der Waals surface area (Å²) in [7, 11) is 0. The lowest BCUT2D eigenvalue weighted by atomic mass is 10.0. The van der Waals surface area contributed by atoms with Gasteiger partial charge in [0.05, 0.1) is 17.0 Å². The highest BCUT2D eigenvalue weighted by Gasteiger charge is 2.39. The molecule has 1 aliphatic rings. The highest BCUT2D eigenvalue weighted by Crippen LogP contribution is 2.32. The van der Waals surface area contributed by atoms with Crippen LogP contribution in [0.25, 0.3) is 5.57 Å². The van der Waals surface area contributed by atoms with Crippen molar-refractivity contribution in [3.63, 3.8) is 0 Å². The van der Waals surface area contributed by atoms with Crippen molar-refractivity contribution in [1.29, 1.82) is 0 Å². The Labute approximate surface area is 178 Å². The molecule has 0 fully saturated rings. The Morgan fingerprint density at radius 2 is 1.71 bits per heavy atom. The predicted octanol–water partition coefficient (Wildman–Crippen LogP) is 3.69. The lowest BCUT2D eigenvalue weighted by Crippen LogP contribution is -2.32. The summed E-state index contributed by atoms with van der Waals surface area (Å²) in [5, 5.41) is 14.1. The van der Waals surface area contributed by atoms with Crippen molar-refractivity contribution in [2.24, 2.45) is 0 Å². The van der Waals surface area contributed by atoms with Gasteiger partial charge in [0.2, 0.25) is 0 Å². The molecule has 2 amide bonds. The first kappa shape index (κ1) is 20.0. The summed E-state index contributed by atoms with van der Waals surface area (Å²) < 4.78 is 0. The molecule has 0 bridgehead atoms. The van der Waals surface area contributed by atoms with Gasteiger partial charge in [0.15, 0.2) is 0 Å². The van der Waals surface area contributed by atoms with Crippen LogP contribution in [0.2, 0.25) is 0 Å². The van der Waals surface area contributed by atoms with Crippen LogP contribution in [0, 0.1) is 17.0 Å². The first-order valence-corrected chi connectivity index (χ1v) is 9.52. The van der Waals surface area contributed by atoms with E-state index in [0.29, 0.717) is 11.3 Å². The third-order valence-corrected chi connectivity index (χ3v) is 4.91. The Bertz CT molecular complexity index is 1200. The first-order chi connectivity index (χ1) is 14.9. The molecule has 31 heavy (non-hydrogen) atoms. The number of nitro benzene ring substituents is 1. The number of carbonyl (C=O) groups is 2. The number of aromatic nitrogens is 1. The Kier molecular flexibility index (Phi) is 5.28. The number of carbonyl (C=O) groups excluding carboxylic acids is 2. The van der Waals surface area contributed by atoms with Gasteiger partial charge in [-0.05, 0) is 60.0 Å². The van der Waals surface area contributed by atoms with E-state index in [4.69, 9.17) is 0 Å². The van der Waals surface area contributed by atoms with Crippen LogP contribution in [0.3, 0.4) is 0 Å². The number of aryl methyl sites for hydroxylation is 1. The van der Waals surface area contributed by atoms with E-state index in [-0.39, 0.29) is 23.5 Å². The summed E-state index contributed by atoms with van der Waals surface area (Å²) in [6, 6.07) is 16.5. The maximum Gasteiger partial charge on any atom is 0.278 e. The average molecular weight is 414 g/mol. The number of nitro groups is 1. The number of nitrogens with one attached hydrogen (secondary N) is 1. The van der Waals surface area contributed by atoms with Crippen molar-refractivity contribution in [1.82, 2.24) is 9.88 Å². The highest BCUT2D eigenvalue weighted by molar-refractivity contribution is 6.36. The van der Waals surface area contributed by atoms with E-state index in [1.165, 1.54) is 24.3 Å². The van der Waals surface area contributed by atoms with E-state index in [9.17, 15) is 19.7 Å². The molecule has 0 radical (unpaired) electrons. The lowest BCUT2D eigenvalue weighted by Gasteiger charge is -2.15. The number of hydrogen-bond acceptors (Lipinski definition) is 6. The van der Waals surface area contributed by atoms with E-state index in [1.807, 2.05) is 25.1 Å². The SMILES string of the molecule is Cc1cccc(NC2=C(c3ccc([N+](=O)[O-])cc3)C(=O)N(Cc3ccncc3)C2=O)c1. The fraction of sp³-hybridized carbons (Fsp3) is 0.0870. The van der Waals surface area contributed by atoms with Gasteiger partial charge in [-0.2, -0.15) is 0 Å². The third kappa shape index (κ3) is 4.04. The fourth-order valence-electron chi connectivity index (χ4n) is 3.39. The second-order valence-corrected chi connectivity index (χ2v) is 7.10. The van der Waals surface area contributed by atoms with Gasteiger partial charge < -0.3 is 5.32 Å². The number of hydrogen-bond donors (Lipinski definition) is 1. The Morgan fingerprint density at radius 1 is 1.00 bits per heavy atom. The van der Waals surface area contributed by atoms with Gasteiger partial charge >= 0.3 is 0 Å². The molecule has 154 valence electrons.